The van der Waals surface area contributed by atoms with Gasteiger partial charge in [-0.15, -0.1) is 11.3 Å². The number of thiophene rings is 1. The van der Waals surface area contributed by atoms with Gasteiger partial charge >= 0.3 is 0 Å². The van der Waals surface area contributed by atoms with Crippen molar-refractivity contribution in [3.63, 3.8) is 0 Å². The van der Waals surface area contributed by atoms with E-state index in [9.17, 15) is 13.2 Å². The number of hydrogen-bond donors (Lipinski definition) is 2. The summed E-state index contributed by atoms with van der Waals surface area (Å²) in [6, 6.07) is 16.2. The van der Waals surface area contributed by atoms with Crippen LogP contribution in [0.5, 0.6) is 5.75 Å². The lowest BCUT2D eigenvalue weighted by molar-refractivity contribution is 0.0940. The molecule has 6 nitrogen and oxygen atoms in total. The van der Waals surface area contributed by atoms with Crippen molar-refractivity contribution in [1.82, 2.24) is 5.32 Å². The molecular weight excluding hydrogens is 396 g/mol. The highest BCUT2D eigenvalue weighted by molar-refractivity contribution is 7.92. The molecule has 8 heteroatoms. The number of amides is 1. The molecule has 0 saturated heterocycles. The van der Waals surface area contributed by atoms with E-state index in [1.165, 1.54) is 19.2 Å². The predicted octanol–water partition coefficient (Wildman–Crippen LogP) is 4.05. The third kappa shape index (κ3) is 4.71. The van der Waals surface area contributed by atoms with Crippen molar-refractivity contribution in [1.29, 1.82) is 0 Å². The Labute approximate surface area is 168 Å². The van der Waals surface area contributed by atoms with Crippen LogP contribution >= 0.6 is 11.3 Å². The first-order valence-corrected chi connectivity index (χ1v) is 10.9. The van der Waals surface area contributed by atoms with E-state index < -0.39 is 10.0 Å². The van der Waals surface area contributed by atoms with Crippen molar-refractivity contribution < 1.29 is 17.9 Å². The van der Waals surface area contributed by atoms with Crippen LogP contribution in [0.4, 0.5) is 5.69 Å². The van der Waals surface area contributed by atoms with Gasteiger partial charge < -0.3 is 10.1 Å². The fourth-order valence-corrected chi connectivity index (χ4v) is 4.40. The number of anilines is 1. The molecule has 0 aliphatic rings. The number of ether oxygens (including phenoxy) is 1. The van der Waals surface area contributed by atoms with Crippen molar-refractivity contribution in [3.8, 4) is 5.75 Å². The molecule has 1 atom stereocenters. The average molecular weight is 417 g/mol. The van der Waals surface area contributed by atoms with E-state index in [1.807, 2.05) is 24.4 Å². The van der Waals surface area contributed by atoms with E-state index in [1.54, 1.807) is 47.7 Å². The number of carbonyl (C=O) groups is 1. The second-order valence-electron chi connectivity index (χ2n) is 6.07. The summed E-state index contributed by atoms with van der Waals surface area (Å²) in [5.74, 6) is 0.295. The smallest absolute Gasteiger partial charge is 0.261 e. The number of benzene rings is 2. The zero-order valence-electron chi connectivity index (χ0n) is 15.4. The van der Waals surface area contributed by atoms with Gasteiger partial charge in [0.2, 0.25) is 0 Å². The Hall–Kier alpha value is -2.84. The highest BCUT2D eigenvalue weighted by Gasteiger charge is 2.18. The molecule has 0 aliphatic carbocycles. The number of methoxy groups -OCH3 is 1. The molecule has 0 aliphatic heterocycles. The van der Waals surface area contributed by atoms with Crippen LogP contribution in [0.3, 0.4) is 0 Å². The van der Waals surface area contributed by atoms with E-state index in [4.69, 9.17) is 4.74 Å². The maximum Gasteiger partial charge on any atom is 0.261 e. The minimum absolute atomic E-state index is 0.0137. The summed E-state index contributed by atoms with van der Waals surface area (Å²) in [7, 11) is -2.29. The average Bonchev–Trinajstić information content (AvgIpc) is 3.23. The Morgan fingerprint density at radius 2 is 1.82 bits per heavy atom. The lowest BCUT2D eigenvalue weighted by Gasteiger charge is -2.13. The third-order valence-corrected chi connectivity index (χ3v) is 6.50. The number of hydrogen-bond acceptors (Lipinski definition) is 5. The quantitative estimate of drug-likeness (QED) is 0.609. The van der Waals surface area contributed by atoms with Crippen LogP contribution in [0.1, 0.15) is 28.2 Å². The van der Waals surface area contributed by atoms with Gasteiger partial charge in [-0.05, 0) is 60.8 Å². The van der Waals surface area contributed by atoms with Gasteiger partial charge in [-0.25, -0.2) is 8.42 Å². The first kappa shape index (κ1) is 19.9. The second-order valence-corrected chi connectivity index (χ2v) is 8.73. The van der Waals surface area contributed by atoms with Crippen molar-refractivity contribution in [2.45, 2.75) is 17.9 Å². The van der Waals surface area contributed by atoms with Crippen molar-refractivity contribution in [2.24, 2.45) is 0 Å². The molecule has 28 heavy (non-hydrogen) atoms. The topological polar surface area (TPSA) is 84.5 Å². The third-order valence-electron chi connectivity index (χ3n) is 4.07. The summed E-state index contributed by atoms with van der Waals surface area (Å²) in [4.78, 5) is 13.6. The Morgan fingerprint density at radius 1 is 1.07 bits per heavy atom. The minimum atomic E-state index is -3.83. The van der Waals surface area contributed by atoms with Crippen molar-refractivity contribution in [3.05, 3.63) is 76.5 Å². The summed E-state index contributed by atoms with van der Waals surface area (Å²) in [6.45, 7) is 1.88. The Bertz CT molecular complexity index is 1050. The van der Waals surface area contributed by atoms with E-state index in [2.05, 4.69) is 10.0 Å². The van der Waals surface area contributed by atoms with Gasteiger partial charge in [0.1, 0.15) is 5.75 Å². The van der Waals surface area contributed by atoms with Gasteiger partial charge in [-0.1, -0.05) is 12.1 Å². The van der Waals surface area contributed by atoms with E-state index in [0.29, 0.717) is 11.4 Å². The highest BCUT2D eigenvalue weighted by Crippen LogP contribution is 2.21. The molecule has 0 saturated carbocycles. The fourth-order valence-electron chi connectivity index (χ4n) is 2.57. The van der Waals surface area contributed by atoms with Gasteiger partial charge in [0, 0.05) is 16.1 Å². The SMILES string of the molecule is COc1ccc(NS(=O)(=O)c2cccc(C(=O)N[C@@H](C)c3cccs3)c2)cc1. The highest BCUT2D eigenvalue weighted by atomic mass is 32.2. The van der Waals surface area contributed by atoms with Gasteiger partial charge in [-0.3, -0.25) is 9.52 Å². The van der Waals surface area contributed by atoms with Gasteiger partial charge in [0.15, 0.2) is 0 Å². The molecule has 0 fully saturated rings. The molecule has 3 aromatic rings. The van der Waals surface area contributed by atoms with Gasteiger partial charge in [-0.2, -0.15) is 0 Å². The maximum atomic E-state index is 12.7. The van der Waals surface area contributed by atoms with Crippen LogP contribution in [0.15, 0.2) is 70.9 Å². The molecule has 1 aromatic heterocycles. The van der Waals surface area contributed by atoms with Crippen LogP contribution in [0.2, 0.25) is 0 Å². The molecule has 3 rings (SSSR count). The van der Waals surface area contributed by atoms with E-state index in [0.717, 1.165) is 4.88 Å². The Balaban J connectivity index is 1.76. The van der Waals surface area contributed by atoms with Crippen LogP contribution in [-0.2, 0) is 10.0 Å². The largest absolute Gasteiger partial charge is 0.497 e. The lowest BCUT2D eigenvalue weighted by atomic mass is 10.2. The summed E-state index contributed by atoms with van der Waals surface area (Å²) in [6.07, 6.45) is 0. The molecule has 1 amide bonds. The fraction of sp³-hybridized carbons (Fsp3) is 0.150. The monoisotopic (exact) mass is 416 g/mol. The summed E-state index contributed by atoms with van der Waals surface area (Å²) < 4.78 is 32.9. The lowest BCUT2D eigenvalue weighted by Crippen LogP contribution is -2.26. The molecule has 2 aromatic carbocycles. The van der Waals surface area contributed by atoms with Gasteiger partial charge in [0.05, 0.1) is 18.0 Å². The standard InChI is InChI=1S/C20H20N2O4S2/c1-14(19-7-4-12-27-19)21-20(23)15-5-3-6-18(13-15)28(24,25)22-16-8-10-17(26-2)11-9-16/h3-14,22H,1-2H3,(H,21,23)/t14-/m0/s1. The summed E-state index contributed by atoms with van der Waals surface area (Å²) in [5.41, 5.74) is 0.683. The van der Waals surface area contributed by atoms with Crippen LogP contribution in [-0.4, -0.2) is 21.4 Å². The second kappa shape index (κ2) is 8.45. The zero-order chi connectivity index (χ0) is 20.1. The molecule has 146 valence electrons. The molecule has 0 radical (unpaired) electrons. The Kier molecular flexibility index (Phi) is 6.01. The maximum absolute atomic E-state index is 12.7. The number of nitrogens with one attached hydrogen (secondary N) is 2. The molecule has 1 heterocycles. The first-order chi connectivity index (χ1) is 13.4. The zero-order valence-corrected chi connectivity index (χ0v) is 17.0. The predicted molar refractivity (Wildman–Crippen MR) is 110 cm³/mol. The summed E-state index contributed by atoms with van der Waals surface area (Å²) in [5, 5.41) is 4.82. The first-order valence-electron chi connectivity index (χ1n) is 8.50. The molecule has 0 bridgehead atoms. The van der Waals surface area contributed by atoms with E-state index >= 15 is 0 Å². The van der Waals surface area contributed by atoms with Crippen LogP contribution in [0.25, 0.3) is 0 Å². The number of sulfonamides is 1. The van der Waals surface area contributed by atoms with Gasteiger partial charge in [0.25, 0.3) is 15.9 Å². The number of rotatable bonds is 7. The number of carbonyl (C=O) groups excluding carboxylic acids is 1. The van der Waals surface area contributed by atoms with Crippen LogP contribution in [0, 0.1) is 0 Å². The minimum Gasteiger partial charge on any atom is -0.497 e. The Morgan fingerprint density at radius 3 is 2.46 bits per heavy atom. The van der Waals surface area contributed by atoms with Crippen molar-refractivity contribution in [2.75, 3.05) is 11.8 Å². The molecular formula is C20H20N2O4S2. The van der Waals surface area contributed by atoms with E-state index in [-0.39, 0.29) is 22.4 Å². The molecule has 2 N–H and O–H groups in total. The molecule has 0 spiro atoms. The normalized spacial score (nSPS) is 12.2. The van der Waals surface area contributed by atoms with Crippen LogP contribution < -0.4 is 14.8 Å². The van der Waals surface area contributed by atoms with Crippen molar-refractivity contribution >= 4 is 33.0 Å². The summed E-state index contributed by atoms with van der Waals surface area (Å²) >= 11 is 1.55. The molecule has 0 unspecified atom stereocenters.